The summed E-state index contributed by atoms with van der Waals surface area (Å²) in [5.41, 5.74) is 0. The largest absolute Gasteiger partial charge is 0.447 e. The van der Waals surface area contributed by atoms with E-state index >= 15 is 0 Å². The number of ether oxygens (including phenoxy) is 1. The van der Waals surface area contributed by atoms with Crippen LogP contribution >= 0.6 is 0 Å². The molecule has 0 radical (unpaired) electrons. The molecule has 0 spiro atoms. The molecule has 1 saturated heterocycles. The van der Waals surface area contributed by atoms with Crippen LogP contribution in [0.25, 0.3) is 0 Å². The van der Waals surface area contributed by atoms with Gasteiger partial charge >= 0.3 is 6.09 Å². The summed E-state index contributed by atoms with van der Waals surface area (Å²) in [4.78, 5) is 10.1. The fourth-order valence-corrected chi connectivity index (χ4v) is 0.485. The van der Waals surface area contributed by atoms with Crippen molar-refractivity contribution in [1.82, 2.24) is 5.32 Å². The molecule has 1 unspecified atom stereocenters. The maximum atomic E-state index is 10.1. The maximum Gasteiger partial charge on any atom is 0.407 e. The lowest BCUT2D eigenvalue weighted by Gasteiger charge is -1.90. The van der Waals surface area contributed by atoms with Crippen molar-refractivity contribution in [2.45, 2.75) is 13.0 Å². The van der Waals surface area contributed by atoms with E-state index in [-0.39, 0.29) is 12.1 Å². The molecule has 0 aromatic carbocycles. The second-order valence-corrected chi connectivity index (χ2v) is 1.64. The molecule has 0 aromatic rings. The number of hydrogen-bond donors (Lipinski definition) is 1. The topological polar surface area (TPSA) is 38.3 Å². The first-order chi connectivity index (χ1) is 4.29. The van der Waals surface area contributed by atoms with Crippen molar-refractivity contribution in [2.75, 3.05) is 6.61 Å². The van der Waals surface area contributed by atoms with Gasteiger partial charge in [0.15, 0.2) is 0 Å². The van der Waals surface area contributed by atoms with Gasteiger partial charge in [-0.05, 0) is 6.92 Å². The highest BCUT2D eigenvalue weighted by atomic mass is 16.6. The van der Waals surface area contributed by atoms with E-state index in [4.69, 9.17) is 0 Å². The van der Waals surface area contributed by atoms with Crippen LogP contribution in [0.2, 0.25) is 0 Å². The highest BCUT2D eigenvalue weighted by Gasteiger charge is 2.15. The van der Waals surface area contributed by atoms with Gasteiger partial charge in [-0.15, -0.1) is 13.2 Å². The van der Waals surface area contributed by atoms with Gasteiger partial charge in [0.1, 0.15) is 6.61 Å². The van der Waals surface area contributed by atoms with Crippen LogP contribution in [-0.4, -0.2) is 18.7 Å². The Labute approximate surface area is 54.7 Å². The first-order valence-electron chi connectivity index (χ1n) is 2.72. The standard InChI is InChI=1S/C4H7NO2.C2H4/c1-3-2-7-4(6)5-3;1-2/h3H,2H2,1H3,(H,5,6);1-2H2. The van der Waals surface area contributed by atoms with Gasteiger partial charge in [-0.25, -0.2) is 4.79 Å². The Kier molecular flexibility index (Phi) is 3.51. The van der Waals surface area contributed by atoms with Crippen molar-refractivity contribution in [1.29, 1.82) is 0 Å². The van der Waals surface area contributed by atoms with Gasteiger partial charge < -0.3 is 10.1 Å². The molecular weight excluding hydrogens is 118 g/mol. The summed E-state index contributed by atoms with van der Waals surface area (Å²) >= 11 is 0. The van der Waals surface area contributed by atoms with Gasteiger partial charge in [0, 0.05) is 0 Å². The van der Waals surface area contributed by atoms with E-state index in [0.29, 0.717) is 6.61 Å². The molecule has 0 saturated carbocycles. The Bertz CT molecular complexity index is 103. The lowest BCUT2D eigenvalue weighted by Crippen LogP contribution is -2.21. The molecule has 1 amide bonds. The number of carbonyl (C=O) groups is 1. The predicted octanol–water partition coefficient (Wildman–Crippen LogP) is 0.917. The maximum absolute atomic E-state index is 10.1. The SMILES string of the molecule is C=C.CC1COC(=O)N1. The van der Waals surface area contributed by atoms with E-state index in [1.807, 2.05) is 6.92 Å². The van der Waals surface area contributed by atoms with E-state index in [0.717, 1.165) is 0 Å². The Morgan fingerprint density at radius 3 is 2.44 bits per heavy atom. The Balaban J connectivity index is 0.000000291. The zero-order valence-corrected chi connectivity index (χ0v) is 5.52. The van der Waals surface area contributed by atoms with Gasteiger partial charge in [0.25, 0.3) is 0 Å². The number of carbonyl (C=O) groups excluding carboxylic acids is 1. The zero-order chi connectivity index (χ0) is 7.28. The summed E-state index contributed by atoms with van der Waals surface area (Å²) in [5, 5.41) is 2.56. The number of alkyl carbamates (subject to hydrolysis) is 1. The molecule has 0 aliphatic carbocycles. The monoisotopic (exact) mass is 129 g/mol. The zero-order valence-electron chi connectivity index (χ0n) is 5.52. The Hall–Kier alpha value is -0.990. The average molecular weight is 129 g/mol. The molecule has 0 bridgehead atoms. The van der Waals surface area contributed by atoms with Crippen molar-refractivity contribution in [2.24, 2.45) is 0 Å². The van der Waals surface area contributed by atoms with Crippen LogP contribution in [-0.2, 0) is 4.74 Å². The molecule has 9 heavy (non-hydrogen) atoms. The molecule has 1 aliphatic heterocycles. The molecule has 1 fully saturated rings. The molecule has 1 rings (SSSR count). The molecule has 3 heteroatoms. The van der Waals surface area contributed by atoms with E-state index in [1.54, 1.807) is 0 Å². The summed E-state index contributed by atoms with van der Waals surface area (Å²) < 4.78 is 4.52. The summed E-state index contributed by atoms with van der Waals surface area (Å²) in [6, 6.07) is 0.201. The normalized spacial score (nSPS) is 23.2. The fourth-order valence-electron chi connectivity index (χ4n) is 0.485. The quantitative estimate of drug-likeness (QED) is 0.494. The molecule has 1 N–H and O–H groups in total. The smallest absolute Gasteiger partial charge is 0.407 e. The van der Waals surface area contributed by atoms with E-state index in [9.17, 15) is 4.79 Å². The van der Waals surface area contributed by atoms with Crippen LogP contribution in [0.15, 0.2) is 13.2 Å². The first-order valence-corrected chi connectivity index (χ1v) is 2.72. The summed E-state index contributed by atoms with van der Waals surface area (Å²) in [7, 11) is 0. The molecule has 1 atom stereocenters. The predicted molar refractivity (Wildman–Crippen MR) is 35.2 cm³/mol. The lowest BCUT2D eigenvalue weighted by molar-refractivity contribution is 0.177. The van der Waals surface area contributed by atoms with Crippen LogP contribution in [0.5, 0.6) is 0 Å². The Morgan fingerprint density at radius 1 is 1.78 bits per heavy atom. The van der Waals surface area contributed by atoms with Crippen molar-refractivity contribution in [3.8, 4) is 0 Å². The average Bonchev–Trinajstić information content (AvgIpc) is 2.20. The molecular formula is C6H11NO2. The molecule has 0 aromatic heterocycles. The number of amides is 1. The molecule has 1 aliphatic rings. The number of nitrogens with one attached hydrogen (secondary N) is 1. The third-order valence-electron chi connectivity index (χ3n) is 0.829. The molecule has 52 valence electrons. The number of rotatable bonds is 0. The van der Waals surface area contributed by atoms with Crippen molar-refractivity contribution < 1.29 is 9.53 Å². The van der Waals surface area contributed by atoms with Crippen LogP contribution in [0.4, 0.5) is 4.79 Å². The summed E-state index contributed by atoms with van der Waals surface area (Å²) in [5.74, 6) is 0. The highest BCUT2D eigenvalue weighted by molar-refractivity contribution is 5.69. The number of hydrogen-bond acceptors (Lipinski definition) is 2. The minimum atomic E-state index is -0.299. The molecule has 3 nitrogen and oxygen atoms in total. The van der Waals surface area contributed by atoms with E-state index < -0.39 is 0 Å². The first kappa shape index (κ1) is 8.01. The minimum Gasteiger partial charge on any atom is -0.447 e. The van der Waals surface area contributed by atoms with Crippen LogP contribution in [0.3, 0.4) is 0 Å². The number of cyclic esters (lactones) is 1. The van der Waals surface area contributed by atoms with Gasteiger partial charge in [0.2, 0.25) is 0 Å². The highest BCUT2D eigenvalue weighted by Crippen LogP contribution is 1.93. The second-order valence-electron chi connectivity index (χ2n) is 1.64. The minimum absolute atomic E-state index is 0.201. The van der Waals surface area contributed by atoms with Crippen molar-refractivity contribution >= 4 is 6.09 Å². The second kappa shape index (κ2) is 3.95. The Morgan fingerprint density at radius 2 is 2.33 bits per heavy atom. The lowest BCUT2D eigenvalue weighted by atomic mass is 10.4. The summed E-state index contributed by atoms with van der Waals surface area (Å²) in [6.45, 7) is 8.41. The molecule has 1 heterocycles. The van der Waals surface area contributed by atoms with Crippen LogP contribution < -0.4 is 5.32 Å². The van der Waals surface area contributed by atoms with Gasteiger partial charge in [-0.1, -0.05) is 0 Å². The van der Waals surface area contributed by atoms with Crippen molar-refractivity contribution in [3.63, 3.8) is 0 Å². The van der Waals surface area contributed by atoms with Gasteiger partial charge in [-0.2, -0.15) is 0 Å². The van der Waals surface area contributed by atoms with Crippen LogP contribution in [0.1, 0.15) is 6.92 Å². The van der Waals surface area contributed by atoms with Gasteiger partial charge in [0.05, 0.1) is 6.04 Å². The van der Waals surface area contributed by atoms with Gasteiger partial charge in [-0.3, -0.25) is 0 Å². The fraction of sp³-hybridized carbons (Fsp3) is 0.500. The van der Waals surface area contributed by atoms with E-state index in [1.165, 1.54) is 0 Å². The summed E-state index contributed by atoms with van der Waals surface area (Å²) in [6.07, 6.45) is -0.299. The van der Waals surface area contributed by atoms with Crippen LogP contribution in [0, 0.1) is 0 Å². The van der Waals surface area contributed by atoms with Crippen molar-refractivity contribution in [3.05, 3.63) is 13.2 Å². The van der Waals surface area contributed by atoms with E-state index in [2.05, 4.69) is 23.2 Å². The third kappa shape index (κ3) is 2.74. The third-order valence-corrected chi connectivity index (χ3v) is 0.829.